The lowest BCUT2D eigenvalue weighted by molar-refractivity contribution is 0.584. The third-order valence-corrected chi connectivity index (χ3v) is 3.61. The molecule has 0 spiro atoms. The highest BCUT2D eigenvalue weighted by Crippen LogP contribution is 2.30. The number of rotatable bonds is 4. The molecule has 1 atom stereocenters. The van der Waals surface area contributed by atoms with Crippen molar-refractivity contribution in [2.45, 2.75) is 19.9 Å². The molecular formula is C18H19NO. The van der Waals surface area contributed by atoms with Crippen molar-refractivity contribution in [3.8, 4) is 0 Å². The Morgan fingerprint density at radius 2 is 1.95 bits per heavy atom. The van der Waals surface area contributed by atoms with Crippen LogP contribution in [-0.2, 0) is 0 Å². The number of nitrogens with one attached hydrogen (secondary N) is 1. The van der Waals surface area contributed by atoms with Gasteiger partial charge in [-0.2, -0.15) is 0 Å². The smallest absolute Gasteiger partial charge is 0.134 e. The third-order valence-electron chi connectivity index (χ3n) is 3.61. The fourth-order valence-corrected chi connectivity index (χ4v) is 2.68. The molecule has 102 valence electrons. The lowest BCUT2D eigenvalue weighted by Crippen LogP contribution is -2.21. The van der Waals surface area contributed by atoms with Crippen LogP contribution in [0, 0.1) is 6.92 Å². The van der Waals surface area contributed by atoms with Gasteiger partial charge in [0, 0.05) is 10.9 Å². The van der Waals surface area contributed by atoms with Crippen LogP contribution in [-0.4, -0.2) is 6.54 Å². The fraction of sp³-hybridized carbons (Fsp3) is 0.222. The van der Waals surface area contributed by atoms with Gasteiger partial charge in [-0.05, 0) is 25.1 Å². The van der Waals surface area contributed by atoms with E-state index in [4.69, 9.17) is 4.42 Å². The van der Waals surface area contributed by atoms with E-state index in [0.717, 1.165) is 12.1 Å². The topological polar surface area (TPSA) is 25.2 Å². The van der Waals surface area contributed by atoms with Crippen LogP contribution in [0.4, 0.5) is 0 Å². The molecule has 0 radical (unpaired) electrons. The lowest BCUT2D eigenvalue weighted by atomic mass is 9.97. The second-order valence-corrected chi connectivity index (χ2v) is 5.09. The van der Waals surface area contributed by atoms with E-state index in [2.05, 4.69) is 55.6 Å². The molecule has 1 N–H and O–H groups in total. The van der Waals surface area contributed by atoms with Crippen molar-refractivity contribution in [3.05, 3.63) is 71.5 Å². The zero-order valence-corrected chi connectivity index (χ0v) is 11.9. The summed E-state index contributed by atoms with van der Waals surface area (Å²) >= 11 is 0. The van der Waals surface area contributed by atoms with Gasteiger partial charge in [0.25, 0.3) is 0 Å². The van der Waals surface area contributed by atoms with Crippen LogP contribution in [0.3, 0.4) is 0 Å². The van der Waals surface area contributed by atoms with Crippen LogP contribution in [0.2, 0.25) is 0 Å². The van der Waals surface area contributed by atoms with Crippen molar-refractivity contribution in [1.29, 1.82) is 0 Å². The summed E-state index contributed by atoms with van der Waals surface area (Å²) in [5.74, 6) is 0. The maximum Gasteiger partial charge on any atom is 0.134 e. The quantitative estimate of drug-likeness (QED) is 0.754. The highest BCUT2D eigenvalue weighted by Gasteiger charge is 2.18. The Kier molecular flexibility index (Phi) is 3.57. The fourth-order valence-electron chi connectivity index (χ4n) is 2.68. The van der Waals surface area contributed by atoms with Gasteiger partial charge in [0.15, 0.2) is 0 Å². The SMILES string of the molecule is CCNC(c1cccc(C)c1)c1coc2ccccc12. The number of para-hydroxylation sites is 1. The van der Waals surface area contributed by atoms with Crippen molar-refractivity contribution < 1.29 is 4.42 Å². The van der Waals surface area contributed by atoms with Crippen LogP contribution < -0.4 is 5.32 Å². The molecule has 2 aromatic carbocycles. The normalized spacial score (nSPS) is 12.7. The maximum atomic E-state index is 5.69. The van der Waals surface area contributed by atoms with E-state index in [0.29, 0.717) is 0 Å². The summed E-state index contributed by atoms with van der Waals surface area (Å²) in [4.78, 5) is 0. The molecule has 0 bridgehead atoms. The van der Waals surface area contributed by atoms with Gasteiger partial charge in [-0.15, -0.1) is 0 Å². The Balaban J connectivity index is 2.11. The standard InChI is InChI=1S/C18H19NO/c1-3-19-18(14-8-6-7-13(2)11-14)16-12-20-17-10-5-4-9-15(16)17/h4-12,18-19H,3H2,1-2H3. The molecule has 0 amide bonds. The van der Waals surface area contributed by atoms with Crippen LogP contribution in [0.15, 0.2) is 59.2 Å². The number of hydrogen-bond donors (Lipinski definition) is 1. The van der Waals surface area contributed by atoms with Gasteiger partial charge >= 0.3 is 0 Å². The Labute approximate surface area is 119 Å². The molecule has 1 aromatic heterocycles. The van der Waals surface area contributed by atoms with Crippen molar-refractivity contribution in [2.24, 2.45) is 0 Å². The third kappa shape index (κ3) is 2.35. The number of furan rings is 1. The van der Waals surface area contributed by atoms with Gasteiger partial charge in [0.1, 0.15) is 5.58 Å². The first-order valence-electron chi connectivity index (χ1n) is 7.05. The minimum absolute atomic E-state index is 0.170. The summed E-state index contributed by atoms with van der Waals surface area (Å²) in [6, 6.07) is 17.0. The first kappa shape index (κ1) is 12.9. The summed E-state index contributed by atoms with van der Waals surface area (Å²) in [6.45, 7) is 5.17. The molecule has 0 aliphatic rings. The minimum Gasteiger partial charge on any atom is -0.464 e. The molecule has 2 heteroatoms. The van der Waals surface area contributed by atoms with Crippen molar-refractivity contribution >= 4 is 11.0 Å². The maximum absolute atomic E-state index is 5.69. The van der Waals surface area contributed by atoms with E-state index in [9.17, 15) is 0 Å². The average molecular weight is 265 g/mol. The first-order chi connectivity index (χ1) is 9.79. The number of fused-ring (bicyclic) bond motifs is 1. The Morgan fingerprint density at radius 1 is 1.10 bits per heavy atom. The zero-order chi connectivity index (χ0) is 13.9. The highest BCUT2D eigenvalue weighted by molar-refractivity contribution is 5.81. The van der Waals surface area contributed by atoms with Crippen LogP contribution >= 0.6 is 0 Å². The molecular weight excluding hydrogens is 246 g/mol. The predicted molar refractivity (Wildman–Crippen MR) is 82.9 cm³/mol. The molecule has 2 nitrogen and oxygen atoms in total. The van der Waals surface area contributed by atoms with E-state index in [1.54, 1.807) is 0 Å². The minimum atomic E-state index is 0.170. The summed E-state index contributed by atoms with van der Waals surface area (Å²) in [6.07, 6.45) is 1.88. The van der Waals surface area contributed by atoms with Gasteiger partial charge in [0.2, 0.25) is 0 Å². The predicted octanol–water partition coefficient (Wildman–Crippen LogP) is 4.44. The van der Waals surface area contributed by atoms with E-state index in [1.165, 1.54) is 22.1 Å². The Hall–Kier alpha value is -2.06. The van der Waals surface area contributed by atoms with Gasteiger partial charge < -0.3 is 9.73 Å². The highest BCUT2D eigenvalue weighted by atomic mass is 16.3. The summed E-state index contributed by atoms with van der Waals surface area (Å²) in [7, 11) is 0. The monoisotopic (exact) mass is 265 g/mol. The molecule has 3 aromatic rings. The van der Waals surface area contributed by atoms with E-state index in [-0.39, 0.29) is 6.04 Å². The van der Waals surface area contributed by atoms with Crippen LogP contribution in [0.5, 0.6) is 0 Å². The largest absolute Gasteiger partial charge is 0.464 e. The lowest BCUT2D eigenvalue weighted by Gasteiger charge is -2.18. The molecule has 1 heterocycles. The van der Waals surface area contributed by atoms with E-state index < -0.39 is 0 Å². The number of benzene rings is 2. The van der Waals surface area contributed by atoms with E-state index in [1.807, 2.05) is 18.4 Å². The summed E-state index contributed by atoms with van der Waals surface area (Å²) in [5, 5.41) is 4.74. The van der Waals surface area contributed by atoms with Crippen LogP contribution in [0.25, 0.3) is 11.0 Å². The zero-order valence-electron chi connectivity index (χ0n) is 11.9. The average Bonchev–Trinajstić information content (AvgIpc) is 2.88. The first-order valence-corrected chi connectivity index (χ1v) is 7.05. The Morgan fingerprint density at radius 3 is 2.75 bits per heavy atom. The number of aryl methyl sites for hydroxylation is 1. The van der Waals surface area contributed by atoms with Crippen molar-refractivity contribution in [3.63, 3.8) is 0 Å². The molecule has 3 rings (SSSR count). The van der Waals surface area contributed by atoms with Crippen molar-refractivity contribution in [1.82, 2.24) is 5.32 Å². The van der Waals surface area contributed by atoms with Crippen LogP contribution in [0.1, 0.15) is 29.7 Å². The molecule has 0 aliphatic heterocycles. The Bertz CT molecular complexity index is 714. The molecule has 0 saturated carbocycles. The second-order valence-electron chi connectivity index (χ2n) is 5.09. The number of hydrogen-bond acceptors (Lipinski definition) is 2. The van der Waals surface area contributed by atoms with Gasteiger partial charge in [-0.25, -0.2) is 0 Å². The molecule has 1 unspecified atom stereocenters. The van der Waals surface area contributed by atoms with Crippen molar-refractivity contribution in [2.75, 3.05) is 6.54 Å². The van der Waals surface area contributed by atoms with Gasteiger partial charge in [-0.3, -0.25) is 0 Å². The molecule has 0 saturated heterocycles. The molecule has 0 aliphatic carbocycles. The van der Waals surface area contributed by atoms with Gasteiger partial charge in [-0.1, -0.05) is 55.0 Å². The summed E-state index contributed by atoms with van der Waals surface area (Å²) < 4.78 is 5.69. The summed E-state index contributed by atoms with van der Waals surface area (Å²) in [5.41, 5.74) is 4.70. The van der Waals surface area contributed by atoms with Gasteiger partial charge in [0.05, 0.1) is 12.3 Å². The molecule has 20 heavy (non-hydrogen) atoms. The second kappa shape index (κ2) is 5.51. The molecule has 0 fully saturated rings. The van der Waals surface area contributed by atoms with E-state index >= 15 is 0 Å².